The monoisotopic (exact) mass is 292 g/mol. The molecule has 1 saturated heterocycles. The van der Waals surface area contributed by atoms with Gasteiger partial charge in [0.2, 0.25) is 5.91 Å². The van der Waals surface area contributed by atoms with E-state index >= 15 is 0 Å². The van der Waals surface area contributed by atoms with Gasteiger partial charge in [-0.1, -0.05) is 24.3 Å². The van der Waals surface area contributed by atoms with Gasteiger partial charge < -0.3 is 20.5 Å². The molecule has 1 aromatic rings. The summed E-state index contributed by atoms with van der Waals surface area (Å²) in [6.07, 6.45) is 0.267. The number of nitrogens with two attached hydrogens (primary N) is 1. The molecular formula is C15H20N2O4. The number of nitrogens with zero attached hydrogens (tertiary/aromatic N) is 1. The topological polar surface area (TPSA) is 92.9 Å². The first-order chi connectivity index (χ1) is 10.1. The van der Waals surface area contributed by atoms with Gasteiger partial charge in [-0.15, -0.1) is 0 Å². The molecule has 1 heterocycles. The van der Waals surface area contributed by atoms with Crippen LogP contribution in [0.3, 0.4) is 0 Å². The number of benzene rings is 1. The Morgan fingerprint density at radius 2 is 2.05 bits per heavy atom. The van der Waals surface area contributed by atoms with E-state index in [2.05, 4.69) is 0 Å². The van der Waals surface area contributed by atoms with Crippen molar-refractivity contribution < 1.29 is 19.4 Å². The molecule has 2 atom stereocenters. The Morgan fingerprint density at radius 1 is 1.38 bits per heavy atom. The standard InChI is InChI=1S/C15H20N2O4/c1-21-12-7-13(15(19)20)17(9-12)14(18)6-10-4-2-3-5-11(10)8-16/h2-5,12-13H,6-9,16H2,1H3,(H,19,20). The number of carboxylic acids is 1. The van der Waals surface area contributed by atoms with Gasteiger partial charge in [-0.25, -0.2) is 4.79 Å². The maximum absolute atomic E-state index is 12.4. The first-order valence-corrected chi connectivity index (χ1v) is 6.88. The molecule has 1 fully saturated rings. The van der Waals surface area contributed by atoms with Crippen LogP contribution in [0.2, 0.25) is 0 Å². The Morgan fingerprint density at radius 3 is 2.62 bits per heavy atom. The molecule has 2 rings (SSSR count). The lowest BCUT2D eigenvalue weighted by Gasteiger charge is -2.21. The lowest BCUT2D eigenvalue weighted by Crippen LogP contribution is -2.41. The van der Waals surface area contributed by atoms with Gasteiger partial charge in [0.05, 0.1) is 12.5 Å². The molecule has 1 aliphatic heterocycles. The van der Waals surface area contributed by atoms with Crippen LogP contribution in [0.25, 0.3) is 0 Å². The summed E-state index contributed by atoms with van der Waals surface area (Å²) in [6.45, 7) is 0.670. The van der Waals surface area contributed by atoms with Gasteiger partial charge in [-0.05, 0) is 11.1 Å². The molecular weight excluding hydrogens is 272 g/mol. The van der Waals surface area contributed by atoms with E-state index in [0.29, 0.717) is 19.5 Å². The van der Waals surface area contributed by atoms with E-state index in [4.69, 9.17) is 10.5 Å². The van der Waals surface area contributed by atoms with Gasteiger partial charge in [-0.2, -0.15) is 0 Å². The maximum atomic E-state index is 12.4. The van der Waals surface area contributed by atoms with Gasteiger partial charge in [0.25, 0.3) is 0 Å². The number of amides is 1. The number of aliphatic carboxylic acids is 1. The largest absolute Gasteiger partial charge is 0.480 e. The minimum Gasteiger partial charge on any atom is -0.480 e. The Bertz CT molecular complexity index is 532. The summed E-state index contributed by atoms with van der Waals surface area (Å²) in [4.78, 5) is 25.1. The second kappa shape index (κ2) is 6.69. The van der Waals surface area contributed by atoms with E-state index in [1.165, 1.54) is 12.0 Å². The number of carbonyl (C=O) groups excluding carboxylic acids is 1. The van der Waals surface area contributed by atoms with Crippen LogP contribution in [-0.4, -0.2) is 47.7 Å². The average molecular weight is 292 g/mol. The lowest BCUT2D eigenvalue weighted by molar-refractivity contribution is -0.148. The molecule has 1 aliphatic rings. The Kier molecular flexibility index (Phi) is 4.93. The Hall–Kier alpha value is -1.92. The van der Waals surface area contributed by atoms with Crippen molar-refractivity contribution in [1.82, 2.24) is 4.90 Å². The van der Waals surface area contributed by atoms with Crippen molar-refractivity contribution in [3.63, 3.8) is 0 Å². The van der Waals surface area contributed by atoms with Crippen molar-refractivity contribution in [2.75, 3.05) is 13.7 Å². The predicted octanol–water partition coefficient (Wildman–Crippen LogP) is 0.388. The highest BCUT2D eigenvalue weighted by molar-refractivity contribution is 5.86. The summed E-state index contributed by atoms with van der Waals surface area (Å²) in [5.41, 5.74) is 7.41. The molecule has 1 amide bonds. The molecule has 6 heteroatoms. The zero-order chi connectivity index (χ0) is 15.4. The fourth-order valence-corrected chi connectivity index (χ4v) is 2.67. The Balaban J connectivity index is 2.13. The molecule has 6 nitrogen and oxygen atoms in total. The van der Waals surface area contributed by atoms with E-state index in [9.17, 15) is 14.7 Å². The molecule has 2 unspecified atom stereocenters. The molecule has 0 aliphatic carbocycles. The zero-order valence-corrected chi connectivity index (χ0v) is 12.0. The van der Waals surface area contributed by atoms with E-state index in [1.807, 2.05) is 24.3 Å². The summed E-state index contributed by atoms with van der Waals surface area (Å²) < 4.78 is 5.19. The minimum absolute atomic E-state index is 0.160. The summed E-state index contributed by atoms with van der Waals surface area (Å²) in [5, 5.41) is 9.24. The van der Waals surface area contributed by atoms with Gasteiger partial charge in [0, 0.05) is 26.6 Å². The third-order valence-corrected chi connectivity index (χ3v) is 3.88. The van der Waals surface area contributed by atoms with Gasteiger partial charge in [0.15, 0.2) is 0 Å². The first-order valence-electron chi connectivity index (χ1n) is 6.88. The molecule has 3 N–H and O–H groups in total. The van der Waals surface area contributed by atoms with Crippen LogP contribution in [-0.2, 0) is 27.3 Å². The van der Waals surface area contributed by atoms with E-state index in [-0.39, 0.29) is 18.4 Å². The summed E-state index contributed by atoms with van der Waals surface area (Å²) in [6, 6.07) is 6.62. The van der Waals surface area contributed by atoms with Crippen molar-refractivity contribution in [3.05, 3.63) is 35.4 Å². The second-order valence-electron chi connectivity index (χ2n) is 5.14. The molecule has 21 heavy (non-hydrogen) atoms. The van der Waals surface area contributed by atoms with E-state index in [1.54, 1.807) is 0 Å². The van der Waals surface area contributed by atoms with Crippen molar-refractivity contribution in [3.8, 4) is 0 Å². The molecule has 114 valence electrons. The van der Waals surface area contributed by atoms with Gasteiger partial charge >= 0.3 is 5.97 Å². The van der Waals surface area contributed by atoms with Crippen LogP contribution in [0, 0.1) is 0 Å². The normalized spacial score (nSPS) is 21.5. The first kappa shape index (κ1) is 15.5. The summed E-state index contributed by atoms with van der Waals surface area (Å²) >= 11 is 0. The summed E-state index contributed by atoms with van der Waals surface area (Å²) in [5.74, 6) is -1.20. The van der Waals surface area contributed by atoms with Crippen LogP contribution < -0.4 is 5.73 Å². The zero-order valence-electron chi connectivity index (χ0n) is 12.0. The average Bonchev–Trinajstić information content (AvgIpc) is 2.92. The highest BCUT2D eigenvalue weighted by Crippen LogP contribution is 2.22. The summed E-state index contributed by atoms with van der Waals surface area (Å²) in [7, 11) is 1.53. The number of hydrogen-bond acceptors (Lipinski definition) is 4. The predicted molar refractivity (Wildman–Crippen MR) is 76.6 cm³/mol. The van der Waals surface area contributed by atoms with Crippen LogP contribution in [0.15, 0.2) is 24.3 Å². The molecule has 1 aromatic carbocycles. The van der Waals surface area contributed by atoms with E-state index < -0.39 is 12.0 Å². The number of carbonyl (C=O) groups is 2. The molecule has 0 spiro atoms. The van der Waals surface area contributed by atoms with Crippen molar-refractivity contribution in [2.24, 2.45) is 5.73 Å². The van der Waals surface area contributed by atoms with Crippen LogP contribution in [0.5, 0.6) is 0 Å². The van der Waals surface area contributed by atoms with Crippen molar-refractivity contribution in [2.45, 2.75) is 31.5 Å². The quantitative estimate of drug-likeness (QED) is 0.819. The third kappa shape index (κ3) is 3.40. The van der Waals surface area contributed by atoms with E-state index in [0.717, 1.165) is 11.1 Å². The minimum atomic E-state index is -0.991. The highest BCUT2D eigenvalue weighted by atomic mass is 16.5. The number of carboxylic acid groups (broad SMARTS) is 1. The number of ether oxygens (including phenoxy) is 1. The molecule has 0 aromatic heterocycles. The highest BCUT2D eigenvalue weighted by Gasteiger charge is 2.39. The van der Waals surface area contributed by atoms with Crippen molar-refractivity contribution >= 4 is 11.9 Å². The fourth-order valence-electron chi connectivity index (χ4n) is 2.67. The van der Waals surface area contributed by atoms with Crippen molar-refractivity contribution in [1.29, 1.82) is 0 Å². The molecule has 0 radical (unpaired) electrons. The fraction of sp³-hybridized carbons (Fsp3) is 0.467. The Labute approximate surface area is 123 Å². The number of hydrogen-bond donors (Lipinski definition) is 2. The smallest absolute Gasteiger partial charge is 0.326 e. The second-order valence-corrected chi connectivity index (χ2v) is 5.14. The van der Waals surface area contributed by atoms with Crippen LogP contribution in [0.4, 0.5) is 0 Å². The van der Waals surface area contributed by atoms with Crippen LogP contribution >= 0.6 is 0 Å². The third-order valence-electron chi connectivity index (χ3n) is 3.88. The lowest BCUT2D eigenvalue weighted by atomic mass is 10.0. The van der Waals surface area contributed by atoms with Crippen LogP contribution in [0.1, 0.15) is 17.5 Å². The number of likely N-dealkylation sites (tertiary alicyclic amines) is 1. The maximum Gasteiger partial charge on any atom is 0.326 e. The molecule has 0 bridgehead atoms. The van der Waals surface area contributed by atoms with Gasteiger partial charge in [0.1, 0.15) is 6.04 Å². The number of rotatable bonds is 5. The number of methoxy groups -OCH3 is 1. The van der Waals surface area contributed by atoms with Gasteiger partial charge in [-0.3, -0.25) is 4.79 Å². The SMILES string of the molecule is COC1CC(C(=O)O)N(C(=O)Cc2ccccc2CN)C1. The molecule has 0 saturated carbocycles.